The number of nitrogens with two attached hydrogens (primary N) is 1. The molecule has 1 unspecified atom stereocenters. The summed E-state index contributed by atoms with van der Waals surface area (Å²) in [5.74, 6) is 0.589. The Morgan fingerprint density at radius 3 is 2.11 bits per heavy atom. The highest BCUT2D eigenvalue weighted by atomic mass is 32.2. The van der Waals surface area contributed by atoms with Crippen LogP contribution in [0.1, 0.15) is 64.7 Å². The second-order valence-corrected chi connectivity index (χ2v) is 16.6. The smallest absolute Gasteiger partial charge is 0.435 e. The highest BCUT2D eigenvalue weighted by Gasteiger charge is 2.44. The van der Waals surface area contributed by atoms with E-state index in [1.165, 1.54) is 19.1 Å². The van der Waals surface area contributed by atoms with Crippen molar-refractivity contribution >= 4 is 63.5 Å². The molecule has 22 nitrogen and oxygen atoms in total. The number of ether oxygens (including phenoxy) is 3. The van der Waals surface area contributed by atoms with Gasteiger partial charge in [0, 0.05) is 24.9 Å². The molecular weight excluding hydrogens is 823 g/mol. The lowest BCUT2D eigenvalue weighted by Gasteiger charge is -2.31. The summed E-state index contributed by atoms with van der Waals surface area (Å²) in [6.45, 7) is 9.43. The topological polar surface area (TPSA) is 316 Å². The number of benzene rings is 1. The van der Waals surface area contributed by atoms with Crippen molar-refractivity contribution in [3.63, 3.8) is 0 Å². The van der Waals surface area contributed by atoms with Crippen LogP contribution in [0.25, 0.3) is 0 Å². The number of rotatable bonds is 25. The third kappa shape index (κ3) is 18.3. The van der Waals surface area contributed by atoms with Crippen LogP contribution in [-0.4, -0.2) is 150 Å². The average Bonchev–Trinajstić information content (AvgIpc) is 3.21. The Labute approximate surface area is 355 Å². The van der Waals surface area contributed by atoms with E-state index in [1.807, 2.05) is 18.7 Å². The first-order valence-electron chi connectivity index (χ1n) is 19.6. The number of hydrazone groups is 1. The molecule has 1 saturated heterocycles. The summed E-state index contributed by atoms with van der Waals surface area (Å²) >= 11 is 0. The van der Waals surface area contributed by atoms with Gasteiger partial charge in [0.25, 0.3) is 16.0 Å². The van der Waals surface area contributed by atoms with Crippen LogP contribution in [0, 0.1) is 17.2 Å². The van der Waals surface area contributed by atoms with Gasteiger partial charge in [-0.05, 0) is 56.7 Å². The third-order valence-electron chi connectivity index (χ3n) is 8.79. The van der Waals surface area contributed by atoms with Crippen molar-refractivity contribution in [3.05, 3.63) is 29.8 Å². The first kappa shape index (κ1) is 51.6. The maximum Gasteiger partial charge on any atom is 0.509 e. The SMILES string of the molecule is CCOC(=O)OC(C)(COS(=O)(=O)c1cccc(C(=O)NCC(C=N)=NN)c1)C(=O)[C@H](CC(C)C)NC(=O)CNC(=O)[C@H](CC(C)C)NC(=O)CNC(=O)CN1CCOCC1. The molecule has 1 aliphatic rings. The molecule has 5 amide bonds. The highest BCUT2D eigenvalue weighted by Crippen LogP contribution is 2.23. The van der Waals surface area contributed by atoms with E-state index < -0.39 is 81.4 Å². The molecule has 1 aliphatic heterocycles. The largest absolute Gasteiger partial charge is 0.509 e. The number of ketones is 1. The Morgan fingerprint density at radius 2 is 1.52 bits per heavy atom. The molecule has 340 valence electrons. The third-order valence-corrected chi connectivity index (χ3v) is 10.0. The van der Waals surface area contributed by atoms with Gasteiger partial charge < -0.3 is 52.0 Å². The summed E-state index contributed by atoms with van der Waals surface area (Å²) in [5.41, 5.74) is -2.45. The lowest BCUT2D eigenvalue weighted by atomic mass is 9.90. The highest BCUT2D eigenvalue weighted by molar-refractivity contribution is 7.86. The minimum Gasteiger partial charge on any atom is -0.435 e. The molecule has 8 N–H and O–H groups in total. The molecule has 0 aromatic heterocycles. The van der Waals surface area contributed by atoms with Crippen molar-refractivity contribution in [3.8, 4) is 0 Å². The number of hydrogen-bond donors (Lipinski definition) is 7. The number of amides is 5. The first-order valence-corrected chi connectivity index (χ1v) is 21.0. The minimum absolute atomic E-state index is 0.0257. The lowest BCUT2D eigenvalue weighted by Crippen LogP contribution is -2.57. The summed E-state index contributed by atoms with van der Waals surface area (Å²) < 4.78 is 47.5. The van der Waals surface area contributed by atoms with E-state index in [0.717, 1.165) is 25.3 Å². The van der Waals surface area contributed by atoms with Crippen LogP contribution in [0.2, 0.25) is 0 Å². The van der Waals surface area contributed by atoms with E-state index in [0.29, 0.717) is 26.3 Å². The Kier molecular flexibility index (Phi) is 21.4. The summed E-state index contributed by atoms with van der Waals surface area (Å²) in [4.78, 5) is 92.4. The van der Waals surface area contributed by atoms with Gasteiger partial charge in [-0.1, -0.05) is 33.8 Å². The fraction of sp³-hybridized carbons (Fsp3) is 0.605. The summed E-state index contributed by atoms with van der Waals surface area (Å²) in [5, 5.41) is 23.1. The molecule has 0 aliphatic carbocycles. The second-order valence-electron chi connectivity index (χ2n) is 15.0. The van der Waals surface area contributed by atoms with Gasteiger partial charge in [-0.15, -0.1) is 0 Å². The molecule has 1 aromatic carbocycles. The van der Waals surface area contributed by atoms with Crippen LogP contribution < -0.4 is 32.4 Å². The van der Waals surface area contributed by atoms with E-state index in [2.05, 4.69) is 31.7 Å². The number of nitrogens with zero attached hydrogens (tertiary/aromatic N) is 2. The van der Waals surface area contributed by atoms with E-state index >= 15 is 0 Å². The summed E-state index contributed by atoms with van der Waals surface area (Å²) in [6, 6.07) is 2.22. The zero-order chi connectivity index (χ0) is 45.8. The zero-order valence-electron chi connectivity index (χ0n) is 35.4. The molecule has 0 spiro atoms. The van der Waals surface area contributed by atoms with E-state index in [4.69, 9.17) is 29.6 Å². The van der Waals surface area contributed by atoms with Crippen LogP contribution >= 0.6 is 0 Å². The molecule has 2 rings (SSSR count). The van der Waals surface area contributed by atoms with Gasteiger partial charge in [0.1, 0.15) is 12.6 Å². The zero-order valence-corrected chi connectivity index (χ0v) is 36.2. The van der Waals surface area contributed by atoms with Crippen LogP contribution in [0.15, 0.2) is 34.3 Å². The number of morpholine rings is 1. The number of Topliss-reactive ketones (excluding diaryl/α,β-unsaturated/α-hetero) is 1. The van der Waals surface area contributed by atoms with Gasteiger partial charge in [0.2, 0.25) is 29.4 Å². The van der Waals surface area contributed by atoms with Crippen molar-refractivity contribution < 1.29 is 60.4 Å². The van der Waals surface area contributed by atoms with Crippen LogP contribution in [0.3, 0.4) is 0 Å². The molecule has 61 heavy (non-hydrogen) atoms. The quantitative estimate of drug-likeness (QED) is 0.0208. The van der Waals surface area contributed by atoms with Crippen LogP contribution in [-0.2, 0) is 52.5 Å². The number of hydrogen-bond acceptors (Lipinski definition) is 17. The molecule has 0 bridgehead atoms. The summed E-state index contributed by atoms with van der Waals surface area (Å²) in [7, 11) is -4.74. The van der Waals surface area contributed by atoms with Crippen molar-refractivity contribution in [1.82, 2.24) is 31.5 Å². The Morgan fingerprint density at radius 1 is 0.918 bits per heavy atom. The Hall–Kier alpha value is -5.52. The van der Waals surface area contributed by atoms with E-state index in [9.17, 15) is 42.0 Å². The number of carbonyl (C=O) groups is 7. The predicted octanol–water partition coefficient (Wildman–Crippen LogP) is -0.787. The van der Waals surface area contributed by atoms with Gasteiger partial charge in [-0.3, -0.25) is 37.9 Å². The number of nitrogens with one attached hydrogen (secondary N) is 6. The maximum atomic E-state index is 14.2. The molecule has 1 fully saturated rings. The van der Waals surface area contributed by atoms with Gasteiger partial charge in [-0.2, -0.15) is 13.5 Å². The van der Waals surface area contributed by atoms with Crippen LogP contribution in [0.4, 0.5) is 4.79 Å². The molecular formula is C38H59N9O13S. The molecule has 23 heteroatoms. The van der Waals surface area contributed by atoms with Gasteiger partial charge >= 0.3 is 6.16 Å². The standard InChI is InChI=1S/C38H59N9O13S/c1-7-58-37(54)60-38(6,23-59-61(55,56)28-10-8-9-26(17-28)35(52)42-19-27(18-39)46-40)34(51)29(15-24(2)3)44-32(49)21-43-36(53)30(16-25(4)5)45-31(48)20-41-33(50)22-47-11-13-57-14-12-47/h8-10,17-18,24-25,29-30,39H,7,11-16,19-23,40H2,1-6H3,(H,41,50)(H,42,52)(H,43,53)(H,44,49)(H,45,48)/t29-,30-,38?/m0/s1. The predicted molar refractivity (Wildman–Crippen MR) is 220 cm³/mol. The fourth-order valence-corrected chi connectivity index (χ4v) is 6.73. The van der Waals surface area contributed by atoms with E-state index in [-0.39, 0.29) is 68.1 Å². The Balaban J connectivity index is 2.18. The van der Waals surface area contributed by atoms with E-state index in [1.54, 1.807) is 13.8 Å². The van der Waals surface area contributed by atoms with Crippen molar-refractivity contribution in [1.29, 1.82) is 5.41 Å². The molecule has 3 atom stereocenters. The van der Waals surface area contributed by atoms with Crippen molar-refractivity contribution in [2.75, 3.05) is 65.7 Å². The lowest BCUT2D eigenvalue weighted by molar-refractivity contribution is -0.146. The fourth-order valence-electron chi connectivity index (χ4n) is 5.69. The average molecular weight is 882 g/mol. The normalized spacial score (nSPS) is 15.4. The molecule has 0 radical (unpaired) electrons. The maximum absolute atomic E-state index is 14.2. The van der Waals surface area contributed by atoms with Crippen LogP contribution in [0.5, 0.6) is 0 Å². The van der Waals surface area contributed by atoms with Gasteiger partial charge in [0.05, 0.1) is 62.6 Å². The van der Waals surface area contributed by atoms with Gasteiger partial charge in [0.15, 0.2) is 5.60 Å². The molecule has 1 heterocycles. The molecule has 1 aromatic rings. The van der Waals surface area contributed by atoms with Crippen molar-refractivity contribution in [2.45, 2.75) is 77.0 Å². The molecule has 0 saturated carbocycles. The first-order chi connectivity index (χ1) is 28.7. The number of carbonyl (C=O) groups excluding carboxylic acids is 7. The minimum atomic E-state index is -4.74. The van der Waals surface area contributed by atoms with Gasteiger partial charge in [-0.25, -0.2) is 4.79 Å². The second kappa shape index (κ2) is 25.3. The monoisotopic (exact) mass is 881 g/mol. The summed E-state index contributed by atoms with van der Waals surface area (Å²) in [6.07, 6.45) is -0.340. The van der Waals surface area contributed by atoms with Crippen molar-refractivity contribution in [2.24, 2.45) is 22.8 Å². The Bertz CT molecular complexity index is 1850.